The van der Waals surface area contributed by atoms with Crippen LogP contribution >= 0.6 is 0 Å². The highest BCUT2D eigenvalue weighted by molar-refractivity contribution is 5.98. The van der Waals surface area contributed by atoms with Gasteiger partial charge >= 0.3 is 0 Å². The molecule has 0 unspecified atom stereocenters. The second kappa shape index (κ2) is 7.54. The van der Waals surface area contributed by atoms with E-state index in [2.05, 4.69) is 5.32 Å². The van der Waals surface area contributed by atoms with Gasteiger partial charge in [-0.05, 0) is 56.7 Å². The first-order valence-electron chi connectivity index (χ1n) is 8.03. The quantitative estimate of drug-likeness (QED) is 0.822. The van der Waals surface area contributed by atoms with Crippen molar-refractivity contribution in [2.45, 2.75) is 64.5 Å². The molecule has 22 heavy (non-hydrogen) atoms. The Morgan fingerprint density at radius 1 is 1.09 bits per heavy atom. The Balaban J connectivity index is 1.78. The van der Waals surface area contributed by atoms with Gasteiger partial charge in [-0.25, -0.2) is 0 Å². The van der Waals surface area contributed by atoms with Crippen LogP contribution in [0.2, 0.25) is 0 Å². The Morgan fingerprint density at radius 3 is 2.41 bits per heavy atom. The summed E-state index contributed by atoms with van der Waals surface area (Å²) in [6, 6.07) is 5.80. The highest BCUT2D eigenvalue weighted by atomic mass is 16.3. The number of nitrogens with one attached hydrogen (secondary N) is 1. The van der Waals surface area contributed by atoms with E-state index in [-0.39, 0.29) is 36.7 Å². The number of hydrogen-bond donors (Lipinski definition) is 2. The van der Waals surface area contributed by atoms with Crippen molar-refractivity contribution in [3.63, 3.8) is 0 Å². The third kappa shape index (κ3) is 4.67. The van der Waals surface area contributed by atoms with Gasteiger partial charge < -0.3 is 10.4 Å². The topological polar surface area (TPSA) is 66.4 Å². The fourth-order valence-corrected chi connectivity index (χ4v) is 2.81. The molecule has 2 N–H and O–H groups in total. The van der Waals surface area contributed by atoms with Crippen LogP contribution in [0.15, 0.2) is 18.2 Å². The molecule has 1 fully saturated rings. The van der Waals surface area contributed by atoms with Gasteiger partial charge in [0.1, 0.15) is 0 Å². The predicted octanol–water partition coefficient (Wildman–Crippen LogP) is 2.69. The molecule has 0 aromatic heterocycles. The molecule has 1 amide bonds. The number of ketones is 1. The lowest BCUT2D eigenvalue weighted by atomic mass is 9.93. The summed E-state index contributed by atoms with van der Waals surface area (Å²) in [5.74, 6) is -0.0594. The number of rotatable bonds is 5. The van der Waals surface area contributed by atoms with Gasteiger partial charge in [0.15, 0.2) is 5.78 Å². The molecule has 0 heterocycles. The van der Waals surface area contributed by atoms with Gasteiger partial charge in [-0.15, -0.1) is 0 Å². The van der Waals surface area contributed by atoms with Crippen molar-refractivity contribution in [3.05, 3.63) is 34.9 Å². The van der Waals surface area contributed by atoms with Gasteiger partial charge in [0.25, 0.3) is 0 Å². The number of hydrogen-bond acceptors (Lipinski definition) is 3. The fourth-order valence-electron chi connectivity index (χ4n) is 2.81. The van der Waals surface area contributed by atoms with Crippen molar-refractivity contribution in [2.24, 2.45) is 0 Å². The van der Waals surface area contributed by atoms with Gasteiger partial charge in [0.2, 0.25) is 5.91 Å². The van der Waals surface area contributed by atoms with E-state index in [1.165, 1.54) is 0 Å². The van der Waals surface area contributed by atoms with Crippen molar-refractivity contribution >= 4 is 11.7 Å². The van der Waals surface area contributed by atoms with E-state index < -0.39 is 0 Å². The molecule has 0 atom stereocenters. The maximum atomic E-state index is 12.1. The van der Waals surface area contributed by atoms with Crippen LogP contribution in [-0.4, -0.2) is 28.9 Å². The lowest BCUT2D eigenvalue weighted by molar-refractivity contribution is -0.122. The lowest BCUT2D eigenvalue weighted by Gasteiger charge is -2.26. The second-order valence-electron chi connectivity index (χ2n) is 6.30. The Kier molecular flexibility index (Phi) is 5.72. The van der Waals surface area contributed by atoms with E-state index in [9.17, 15) is 14.7 Å². The van der Waals surface area contributed by atoms with Gasteiger partial charge in [0, 0.05) is 24.4 Å². The van der Waals surface area contributed by atoms with Crippen molar-refractivity contribution in [1.82, 2.24) is 5.32 Å². The third-order valence-corrected chi connectivity index (χ3v) is 4.47. The molecule has 4 nitrogen and oxygen atoms in total. The standard InChI is InChI=1S/C18H25NO3/c1-12-3-4-14(11-13(12)2)17(21)9-10-18(22)19-15-5-7-16(20)8-6-15/h3-4,11,15-16,20H,5-10H2,1-2H3,(H,19,22). The molecule has 0 saturated heterocycles. The molecule has 1 aromatic carbocycles. The highest BCUT2D eigenvalue weighted by Crippen LogP contribution is 2.18. The van der Waals surface area contributed by atoms with E-state index in [1.807, 2.05) is 32.0 Å². The van der Waals surface area contributed by atoms with Crippen molar-refractivity contribution in [1.29, 1.82) is 0 Å². The van der Waals surface area contributed by atoms with Crippen LogP contribution in [0.25, 0.3) is 0 Å². The van der Waals surface area contributed by atoms with E-state index in [1.54, 1.807) is 0 Å². The monoisotopic (exact) mass is 303 g/mol. The Hall–Kier alpha value is -1.68. The molecule has 120 valence electrons. The first kappa shape index (κ1) is 16.7. The first-order valence-corrected chi connectivity index (χ1v) is 8.03. The Bertz CT molecular complexity index is 545. The van der Waals surface area contributed by atoms with Gasteiger partial charge in [0.05, 0.1) is 6.10 Å². The van der Waals surface area contributed by atoms with E-state index in [4.69, 9.17) is 0 Å². The predicted molar refractivity (Wildman–Crippen MR) is 85.9 cm³/mol. The largest absolute Gasteiger partial charge is 0.393 e. The second-order valence-corrected chi connectivity index (χ2v) is 6.30. The highest BCUT2D eigenvalue weighted by Gasteiger charge is 2.21. The molecule has 0 spiro atoms. The van der Waals surface area contributed by atoms with Gasteiger partial charge in [-0.3, -0.25) is 9.59 Å². The molecule has 4 heteroatoms. The summed E-state index contributed by atoms with van der Waals surface area (Å²) in [7, 11) is 0. The Morgan fingerprint density at radius 2 is 1.77 bits per heavy atom. The zero-order valence-electron chi connectivity index (χ0n) is 13.4. The van der Waals surface area contributed by atoms with Crippen LogP contribution in [0.1, 0.15) is 60.0 Å². The maximum Gasteiger partial charge on any atom is 0.220 e. The number of benzene rings is 1. The SMILES string of the molecule is Cc1ccc(C(=O)CCC(=O)NC2CCC(O)CC2)cc1C. The zero-order chi connectivity index (χ0) is 16.1. The van der Waals surface area contributed by atoms with Crippen LogP contribution in [-0.2, 0) is 4.79 Å². The zero-order valence-corrected chi connectivity index (χ0v) is 13.4. The number of carbonyl (C=O) groups excluding carboxylic acids is 2. The molecular weight excluding hydrogens is 278 g/mol. The van der Waals surface area contributed by atoms with Crippen LogP contribution in [0.5, 0.6) is 0 Å². The number of aliphatic hydroxyl groups is 1. The number of aliphatic hydroxyl groups excluding tert-OH is 1. The van der Waals surface area contributed by atoms with Crippen molar-refractivity contribution < 1.29 is 14.7 Å². The van der Waals surface area contributed by atoms with Crippen molar-refractivity contribution in [2.75, 3.05) is 0 Å². The maximum absolute atomic E-state index is 12.1. The minimum Gasteiger partial charge on any atom is -0.393 e. The minimum absolute atomic E-state index is 0.0114. The van der Waals surface area contributed by atoms with E-state index in [0.29, 0.717) is 5.56 Å². The van der Waals surface area contributed by atoms with Gasteiger partial charge in [-0.1, -0.05) is 12.1 Å². The van der Waals surface area contributed by atoms with E-state index >= 15 is 0 Å². The van der Waals surface area contributed by atoms with Crippen LogP contribution in [0, 0.1) is 13.8 Å². The Labute approximate surface area is 131 Å². The van der Waals surface area contributed by atoms with Crippen LogP contribution in [0.4, 0.5) is 0 Å². The molecule has 0 bridgehead atoms. The van der Waals surface area contributed by atoms with Crippen molar-refractivity contribution in [3.8, 4) is 0 Å². The average Bonchev–Trinajstić information content (AvgIpc) is 2.50. The molecule has 0 radical (unpaired) electrons. The average molecular weight is 303 g/mol. The fraction of sp³-hybridized carbons (Fsp3) is 0.556. The molecule has 0 aliphatic heterocycles. The molecule has 1 aliphatic carbocycles. The summed E-state index contributed by atoms with van der Waals surface area (Å²) in [5, 5.41) is 12.4. The summed E-state index contributed by atoms with van der Waals surface area (Å²) in [6.45, 7) is 3.99. The number of aryl methyl sites for hydroxylation is 2. The summed E-state index contributed by atoms with van der Waals surface area (Å²) in [5.41, 5.74) is 2.93. The number of Topliss-reactive ketones (excluding diaryl/α,β-unsaturated/α-hetero) is 1. The summed E-state index contributed by atoms with van der Waals surface area (Å²) < 4.78 is 0. The summed E-state index contributed by atoms with van der Waals surface area (Å²) in [6.07, 6.45) is 3.36. The summed E-state index contributed by atoms with van der Waals surface area (Å²) in [4.78, 5) is 24.1. The molecule has 2 rings (SSSR count). The molecule has 1 aromatic rings. The van der Waals surface area contributed by atoms with Crippen LogP contribution < -0.4 is 5.32 Å². The van der Waals surface area contributed by atoms with Gasteiger partial charge in [-0.2, -0.15) is 0 Å². The normalized spacial score (nSPS) is 21.4. The lowest BCUT2D eigenvalue weighted by Crippen LogP contribution is -2.38. The third-order valence-electron chi connectivity index (χ3n) is 4.47. The smallest absolute Gasteiger partial charge is 0.220 e. The summed E-state index contributed by atoms with van der Waals surface area (Å²) >= 11 is 0. The van der Waals surface area contributed by atoms with E-state index in [0.717, 1.165) is 36.8 Å². The number of amides is 1. The molecular formula is C18H25NO3. The molecule has 1 aliphatic rings. The first-order chi connectivity index (χ1) is 10.5. The molecule has 1 saturated carbocycles. The van der Waals surface area contributed by atoms with Crippen LogP contribution in [0.3, 0.4) is 0 Å². The number of carbonyl (C=O) groups is 2. The minimum atomic E-state index is -0.223.